The van der Waals surface area contributed by atoms with Crippen molar-refractivity contribution in [1.29, 1.82) is 0 Å². The largest absolute Gasteiger partial charge is 0.495 e. The first-order chi connectivity index (χ1) is 17.3. The molecule has 200 valence electrons. The molecule has 0 bridgehead atoms. The van der Waals surface area contributed by atoms with E-state index in [1.807, 2.05) is 43.1 Å². The molecule has 0 aromatic heterocycles. The van der Waals surface area contributed by atoms with Crippen LogP contribution in [0.15, 0.2) is 54.6 Å². The van der Waals surface area contributed by atoms with Crippen molar-refractivity contribution < 1.29 is 19.6 Å². The topological polar surface area (TPSA) is 197 Å². The van der Waals surface area contributed by atoms with E-state index in [2.05, 4.69) is 0 Å². The zero-order chi connectivity index (χ0) is 28.1. The SMILES string of the molecule is CN(CCCC(=O)O)c1ccc(N)cc1.COc1cc(N)c(C)cc1N.Cc1ccc(N)c([N+](=O)[O-])c1. The standard InChI is InChI=1S/C11H16N2O2.C8H12N2O.C7H8N2O2/c1-13(8-2-3-11(14)15)10-6-4-9(12)5-7-10;1-5-3-7(10)8(11-2)4-6(5)9;1-5-2-3-6(8)7(4-5)9(10)11/h4-7H,2-3,8,12H2,1H3,(H,14,15);3-4H,9-10H2,1-2H3;2-4H,8H2,1H3. The summed E-state index contributed by atoms with van der Waals surface area (Å²) in [4.78, 5) is 22.2. The van der Waals surface area contributed by atoms with Gasteiger partial charge < -0.3 is 37.7 Å². The Morgan fingerprint density at radius 3 is 2.11 bits per heavy atom. The molecule has 0 aliphatic rings. The number of nitrogens with two attached hydrogens (primary N) is 4. The highest BCUT2D eigenvalue weighted by Gasteiger charge is 2.09. The first kappa shape index (κ1) is 30.4. The van der Waals surface area contributed by atoms with E-state index in [1.165, 1.54) is 12.1 Å². The van der Waals surface area contributed by atoms with E-state index in [1.54, 1.807) is 32.2 Å². The fraction of sp³-hybridized carbons (Fsp3) is 0.269. The van der Waals surface area contributed by atoms with Crippen molar-refractivity contribution in [3.8, 4) is 5.75 Å². The third kappa shape index (κ3) is 10.6. The number of nitro benzene ring substituents is 1. The maximum atomic E-state index is 10.3. The summed E-state index contributed by atoms with van der Waals surface area (Å²) in [5, 5.41) is 18.8. The summed E-state index contributed by atoms with van der Waals surface area (Å²) in [5.41, 5.74) is 27.3. The Balaban J connectivity index is 0.000000283. The van der Waals surface area contributed by atoms with Crippen LogP contribution in [-0.2, 0) is 4.79 Å². The van der Waals surface area contributed by atoms with Gasteiger partial charge in [0.15, 0.2) is 0 Å². The van der Waals surface area contributed by atoms with Crippen LogP contribution in [0.3, 0.4) is 0 Å². The molecule has 0 radical (unpaired) electrons. The lowest BCUT2D eigenvalue weighted by Gasteiger charge is -2.18. The number of nitro groups is 1. The van der Waals surface area contributed by atoms with Gasteiger partial charge in [-0.3, -0.25) is 14.9 Å². The van der Waals surface area contributed by atoms with Crippen molar-refractivity contribution in [2.75, 3.05) is 48.5 Å². The van der Waals surface area contributed by atoms with E-state index in [4.69, 9.17) is 32.8 Å². The van der Waals surface area contributed by atoms with Crippen molar-refractivity contribution in [1.82, 2.24) is 0 Å². The van der Waals surface area contributed by atoms with Crippen LogP contribution >= 0.6 is 0 Å². The lowest BCUT2D eigenvalue weighted by Crippen LogP contribution is -2.19. The number of aliphatic carboxylic acids is 1. The summed E-state index contributed by atoms with van der Waals surface area (Å²) in [5.74, 6) is -0.117. The van der Waals surface area contributed by atoms with Gasteiger partial charge in [-0.25, -0.2) is 0 Å². The fourth-order valence-corrected chi connectivity index (χ4v) is 3.04. The molecule has 0 aliphatic heterocycles. The van der Waals surface area contributed by atoms with Gasteiger partial charge in [-0.1, -0.05) is 6.07 Å². The molecule has 0 saturated heterocycles. The van der Waals surface area contributed by atoms with Crippen LogP contribution in [0, 0.1) is 24.0 Å². The molecular weight excluding hydrogens is 476 g/mol. The molecule has 3 aromatic rings. The van der Waals surface area contributed by atoms with Crippen LogP contribution in [0.5, 0.6) is 5.75 Å². The van der Waals surface area contributed by atoms with Crippen molar-refractivity contribution in [3.63, 3.8) is 0 Å². The molecule has 0 aliphatic carbocycles. The summed E-state index contributed by atoms with van der Waals surface area (Å²) >= 11 is 0. The molecular formula is C26H36N6O5. The summed E-state index contributed by atoms with van der Waals surface area (Å²) < 4.78 is 4.98. The van der Waals surface area contributed by atoms with Gasteiger partial charge in [-0.05, 0) is 67.8 Å². The number of nitrogen functional groups attached to an aromatic ring is 4. The number of carboxylic acid groups (broad SMARTS) is 1. The Kier molecular flexibility index (Phi) is 12.0. The van der Waals surface area contributed by atoms with Crippen LogP contribution in [0.25, 0.3) is 0 Å². The Labute approximate surface area is 216 Å². The number of ether oxygens (including phenoxy) is 1. The number of carboxylic acids is 1. The molecule has 11 nitrogen and oxygen atoms in total. The Bertz CT molecular complexity index is 1180. The Morgan fingerprint density at radius 1 is 0.973 bits per heavy atom. The minimum Gasteiger partial charge on any atom is -0.495 e. The molecule has 0 unspecified atom stereocenters. The summed E-state index contributed by atoms with van der Waals surface area (Å²) in [6.45, 7) is 4.42. The molecule has 0 spiro atoms. The molecule has 9 N–H and O–H groups in total. The van der Waals surface area contributed by atoms with Crippen molar-refractivity contribution in [2.45, 2.75) is 26.7 Å². The molecule has 37 heavy (non-hydrogen) atoms. The van der Waals surface area contributed by atoms with Crippen LogP contribution in [0.4, 0.5) is 34.1 Å². The summed E-state index contributed by atoms with van der Waals surface area (Å²) in [6.07, 6.45) is 0.857. The number of anilines is 5. The van der Waals surface area contributed by atoms with Gasteiger partial charge in [0.2, 0.25) is 0 Å². The second-order valence-electron chi connectivity index (χ2n) is 8.28. The van der Waals surface area contributed by atoms with E-state index in [-0.39, 0.29) is 17.8 Å². The first-order valence-electron chi connectivity index (χ1n) is 11.3. The van der Waals surface area contributed by atoms with Crippen LogP contribution in [0.2, 0.25) is 0 Å². The zero-order valence-electron chi connectivity index (χ0n) is 21.6. The summed E-state index contributed by atoms with van der Waals surface area (Å²) in [6, 6.07) is 15.8. The van der Waals surface area contributed by atoms with Crippen LogP contribution in [-0.4, -0.2) is 36.7 Å². The van der Waals surface area contributed by atoms with Gasteiger partial charge in [-0.2, -0.15) is 0 Å². The van der Waals surface area contributed by atoms with E-state index >= 15 is 0 Å². The number of hydrogen-bond acceptors (Lipinski definition) is 9. The van der Waals surface area contributed by atoms with Gasteiger partial charge in [0.1, 0.15) is 11.4 Å². The molecule has 0 amide bonds. The van der Waals surface area contributed by atoms with Crippen molar-refractivity contribution >= 4 is 40.1 Å². The maximum Gasteiger partial charge on any atom is 0.303 e. The predicted octanol–water partition coefficient (Wildman–Crippen LogP) is 4.22. The molecule has 11 heteroatoms. The highest BCUT2D eigenvalue weighted by atomic mass is 16.6. The quantitative estimate of drug-likeness (QED) is 0.173. The van der Waals surface area contributed by atoms with Gasteiger partial charge in [-0.15, -0.1) is 0 Å². The monoisotopic (exact) mass is 512 g/mol. The molecule has 3 aromatic carbocycles. The zero-order valence-corrected chi connectivity index (χ0v) is 21.6. The van der Waals surface area contributed by atoms with Gasteiger partial charge in [0.25, 0.3) is 5.69 Å². The minimum atomic E-state index is -0.749. The lowest BCUT2D eigenvalue weighted by atomic mass is 10.2. The fourth-order valence-electron chi connectivity index (χ4n) is 3.04. The number of nitrogens with zero attached hydrogens (tertiary/aromatic N) is 2. The number of aryl methyl sites for hydroxylation is 2. The Hall–Kier alpha value is -4.67. The van der Waals surface area contributed by atoms with E-state index < -0.39 is 10.9 Å². The van der Waals surface area contributed by atoms with E-state index in [0.29, 0.717) is 23.5 Å². The van der Waals surface area contributed by atoms with E-state index in [9.17, 15) is 14.9 Å². The highest BCUT2D eigenvalue weighted by Crippen LogP contribution is 2.26. The Morgan fingerprint density at radius 2 is 1.59 bits per heavy atom. The number of benzene rings is 3. The third-order valence-corrected chi connectivity index (χ3v) is 5.22. The van der Waals surface area contributed by atoms with E-state index in [0.717, 1.165) is 29.0 Å². The van der Waals surface area contributed by atoms with Gasteiger partial charge in [0.05, 0.1) is 17.7 Å². The third-order valence-electron chi connectivity index (χ3n) is 5.22. The first-order valence-corrected chi connectivity index (χ1v) is 11.3. The average molecular weight is 513 g/mol. The minimum absolute atomic E-state index is 0.0231. The van der Waals surface area contributed by atoms with Crippen molar-refractivity contribution in [3.05, 3.63) is 75.8 Å². The second kappa shape index (κ2) is 14.7. The highest BCUT2D eigenvalue weighted by molar-refractivity contribution is 5.66. The number of methoxy groups -OCH3 is 1. The summed E-state index contributed by atoms with van der Waals surface area (Å²) in [7, 11) is 3.51. The molecule has 0 fully saturated rings. The predicted molar refractivity (Wildman–Crippen MR) is 150 cm³/mol. The smallest absolute Gasteiger partial charge is 0.303 e. The number of rotatable bonds is 7. The number of hydrogen-bond donors (Lipinski definition) is 5. The van der Waals surface area contributed by atoms with Crippen LogP contribution < -0.4 is 32.6 Å². The second-order valence-corrected chi connectivity index (χ2v) is 8.28. The van der Waals surface area contributed by atoms with Gasteiger partial charge in [0, 0.05) is 49.2 Å². The van der Waals surface area contributed by atoms with Gasteiger partial charge >= 0.3 is 5.97 Å². The van der Waals surface area contributed by atoms with Crippen LogP contribution in [0.1, 0.15) is 24.0 Å². The maximum absolute atomic E-state index is 10.3. The molecule has 0 atom stereocenters. The normalized spacial score (nSPS) is 9.73. The number of carbonyl (C=O) groups is 1. The average Bonchev–Trinajstić information content (AvgIpc) is 2.83. The molecule has 3 rings (SSSR count). The van der Waals surface area contributed by atoms with Crippen molar-refractivity contribution in [2.24, 2.45) is 0 Å². The molecule has 0 saturated carbocycles. The lowest BCUT2D eigenvalue weighted by molar-refractivity contribution is -0.383. The molecule has 0 heterocycles.